The van der Waals surface area contributed by atoms with E-state index in [1.165, 1.54) is 27.8 Å². The Morgan fingerprint density at radius 2 is 1.69 bits per heavy atom. The molecule has 0 spiro atoms. The van der Waals surface area contributed by atoms with Crippen LogP contribution >= 0.6 is 35.3 Å². The molecule has 0 saturated carbocycles. The fraction of sp³-hybridized carbons (Fsp3) is 0.440. The lowest BCUT2D eigenvalue weighted by molar-refractivity contribution is 0.0986. The summed E-state index contributed by atoms with van der Waals surface area (Å²) in [6.07, 6.45) is 2.47. The molecule has 198 valence electrons. The van der Waals surface area contributed by atoms with E-state index in [1.807, 2.05) is 40.1 Å². The molecular formula is C25H34Cl2N4O3S2. The van der Waals surface area contributed by atoms with Gasteiger partial charge in [-0.3, -0.25) is 9.69 Å². The van der Waals surface area contributed by atoms with Crippen LogP contribution in [0.1, 0.15) is 42.1 Å². The van der Waals surface area contributed by atoms with Crippen molar-refractivity contribution in [3.63, 3.8) is 0 Å². The van der Waals surface area contributed by atoms with Crippen LogP contribution in [0.2, 0.25) is 5.02 Å². The van der Waals surface area contributed by atoms with E-state index < -0.39 is 10.0 Å². The van der Waals surface area contributed by atoms with Gasteiger partial charge >= 0.3 is 0 Å². The maximum atomic E-state index is 13.6. The third kappa shape index (κ3) is 7.18. The monoisotopic (exact) mass is 572 g/mol. The third-order valence-electron chi connectivity index (χ3n) is 5.74. The summed E-state index contributed by atoms with van der Waals surface area (Å²) in [6.45, 7) is 5.74. The highest BCUT2D eigenvalue weighted by molar-refractivity contribution is 7.89. The molecule has 3 rings (SSSR count). The van der Waals surface area contributed by atoms with E-state index in [2.05, 4.69) is 4.90 Å². The van der Waals surface area contributed by atoms with E-state index in [0.29, 0.717) is 28.8 Å². The molecule has 0 atom stereocenters. The van der Waals surface area contributed by atoms with Gasteiger partial charge in [0, 0.05) is 30.7 Å². The maximum Gasteiger partial charge on any atom is 0.260 e. The van der Waals surface area contributed by atoms with E-state index in [1.54, 1.807) is 24.1 Å². The van der Waals surface area contributed by atoms with Gasteiger partial charge in [-0.05, 0) is 82.4 Å². The number of carbonyl (C=O) groups excluding carboxylic acids is 1. The number of nitrogens with zero attached hydrogens (tertiary/aromatic N) is 4. The lowest BCUT2D eigenvalue weighted by atomic mass is 10.2. The molecule has 0 aliphatic heterocycles. The molecule has 36 heavy (non-hydrogen) atoms. The third-order valence-corrected chi connectivity index (χ3v) is 8.85. The van der Waals surface area contributed by atoms with Crippen LogP contribution in [0.25, 0.3) is 10.2 Å². The van der Waals surface area contributed by atoms with Crippen molar-refractivity contribution in [3.05, 3.63) is 52.5 Å². The van der Waals surface area contributed by atoms with Gasteiger partial charge in [-0.15, -0.1) is 12.4 Å². The Morgan fingerprint density at radius 3 is 2.31 bits per heavy atom. The number of aromatic nitrogens is 1. The second-order valence-electron chi connectivity index (χ2n) is 8.88. The molecule has 0 bridgehead atoms. The van der Waals surface area contributed by atoms with Crippen LogP contribution in [0.15, 0.2) is 41.3 Å². The molecule has 1 amide bonds. The highest BCUT2D eigenvalue weighted by atomic mass is 35.5. The number of benzene rings is 2. The summed E-state index contributed by atoms with van der Waals surface area (Å²) in [5.41, 5.74) is 2.20. The minimum absolute atomic E-state index is 0. The molecule has 0 saturated heterocycles. The first-order chi connectivity index (χ1) is 16.5. The van der Waals surface area contributed by atoms with Crippen molar-refractivity contribution in [2.75, 3.05) is 45.7 Å². The van der Waals surface area contributed by atoms with Crippen LogP contribution in [0, 0.1) is 6.92 Å². The minimum Gasteiger partial charge on any atom is -0.309 e. The topological polar surface area (TPSA) is 73.8 Å². The molecular weight excluding hydrogens is 539 g/mol. The number of sulfonamides is 1. The number of hydrogen-bond donors (Lipinski definition) is 0. The van der Waals surface area contributed by atoms with E-state index in [4.69, 9.17) is 16.6 Å². The second-order valence-corrected chi connectivity index (χ2v) is 12.4. The highest BCUT2D eigenvalue weighted by Crippen LogP contribution is 2.34. The predicted octanol–water partition coefficient (Wildman–Crippen LogP) is 5.70. The average molecular weight is 574 g/mol. The van der Waals surface area contributed by atoms with Gasteiger partial charge in [0.05, 0.1) is 15.1 Å². The van der Waals surface area contributed by atoms with E-state index in [0.717, 1.165) is 41.6 Å². The quantitative estimate of drug-likeness (QED) is 0.294. The summed E-state index contributed by atoms with van der Waals surface area (Å²) in [7, 11) is 1.97. The molecule has 0 fully saturated rings. The van der Waals surface area contributed by atoms with Crippen LogP contribution in [-0.4, -0.2) is 69.3 Å². The average Bonchev–Trinajstić information content (AvgIpc) is 3.23. The van der Waals surface area contributed by atoms with Gasteiger partial charge in [0.2, 0.25) is 10.0 Å². The first-order valence-corrected chi connectivity index (χ1v) is 14.3. The lowest BCUT2D eigenvalue weighted by Crippen LogP contribution is -2.33. The van der Waals surface area contributed by atoms with Gasteiger partial charge in [-0.25, -0.2) is 17.7 Å². The standard InChI is InChI=1S/C25H33ClN4O3S2.ClH/c1-6-7-14-29(5)35(32,33)21-11-9-19(10-12-21)24(31)30(15-8-13-28(3)4)25-27-23-18(2)16-20(26)17-22(23)34-25;/h9-12,16-17H,6-8,13-15H2,1-5H3;1H. The Bertz CT molecular complexity index is 1280. The maximum absolute atomic E-state index is 13.6. The number of fused-ring (bicyclic) bond motifs is 1. The molecule has 0 radical (unpaired) electrons. The Balaban J connectivity index is 0.00000456. The normalized spacial score (nSPS) is 11.8. The van der Waals surface area contributed by atoms with Crippen LogP contribution in [0.4, 0.5) is 5.13 Å². The van der Waals surface area contributed by atoms with Crippen molar-refractivity contribution in [1.82, 2.24) is 14.2 Å². The fourth-order valence-electron chi connectivity index (χ4n) is 3.69. The van der Waals surface area contributed by atoms with Crippen molar-refractivity contribution in [3.8, 4) is 0 Å². The Kier molecular flexibility index (Phi) is 11.1. The number of carbonyl (C=O) groups is 1. The summed E-state index contributed by atoms with van der Waals surface area (Å²) >= 11 is 7.66. The van der Waals surface area contributed by atoms with Crippen LogP contribution in [0.5, 0.6) is 0 Å². The van der Waals surface area contributed by atoms with Crippen molar-refractivity contribution in [2.45, 2.75) is 38.0 Å². The molecule has 1 aromatic heterocycles. The summed E-state index contributed by atoms with van der Waals surface area (Å²) in [4.78, 5) is 22.3. The second kappa shape index (κ2) is 13.2. The molecule has 11 heteroatoms. The fourth-order valence-corrected chi connectivity index (χ4v) is 6.35. The summed E-state index contributed by atoms with van der Waals surface area (Å²) in [5, 5.41) is 1.24. The molecule has 0 aliphatic rings. The zero-order valence-corrected chi connectivity index (χ0v) is 24.5. The van der Waals surface area contributed by atoms with Gasteiger partial charge in [-0.2, -0.15) is 0 Å². The minimum atomic E-state index is -3.60. The van der Waals surface area contributed by atoms with Crippen molar-refractivity contribution in [1.29, 1.82) is 0 Å². The smallest absolute Gasteiger partial charge is 0.260 e. The van der Waals surface area contributed by atoms with E-state index in [-0.39, 0.29) is 23.2 Å². The number of rotatable bonds is 11. The largest absolute Gasteiger partial charge is 0.309 e. The predicted molar refractivity (Wildman–Crippen MR) is 153 cm³/mol. The zero-order valence-electron chi connectivity index (χ0n) is 21.3. The Morgan fingerprint density at radius 1 is 1.03 bits per heavy atom. The highest BCUT2D eigenvalue weighted by Gasteiger charge is 2.24. The first-order valence-electron chi connectivity index (χ1n) is 11.6. The Labute approximate surface area is 229 Å². The summed E-state index contributed by atoms with van der Waals surface area (Å²) < 4.78 is 28.0. The first kappa shape index (κ1) is 30.5. The molecule has 0 unspecified atom stereocenters. The lowest BCUT2D eigenvalue weighted by Gasteiger charge is -2.21. The number of halogens is 2. The molecule has 1 heterocycles. The molecule has 7 nitrogen and oxygen atoms in total. The number of hydrogen-bond acceptors (Lipinski definition) is 6. The van der Waals surface area contributed by atoms with Crippen LogP contribution in [0.3, 0.4) is 0 Å². The van der Waals surface area contributed by atoms with Gasteiger partial charge in [-0.1, -0.05) is 36.3 Å². The number of aryl methyl sites for hydroxylation is 1. The van der Waals surface area contributed by atoms with Gasteiger partial charge in [0.25, 0.3) is 5.91 Å². The van der Waals surface area contributed by atoms with Crippen molar-refractivity contribution in [2.24, 2.45) is 0 Å². The van der Waals surface area contributed by atoms with Gasteiger partial charge < -0.3 is 4.90 Å². The van der Waals surface area contributed by atoms with Crippen molar-refractivity contribution >= 4 is 66.6 Å². The van der Waals surface area contributed by atoms with E-state index in [9.17, 15) is 13.2 Å². The number of anilines is 1. The molecule has 0 N–H and O–H groups in total. The van der Waals surface area contributed by atoms with Gasteiger partial charge in [0.1, 0.15) is 0 Å². The van der Waals surface area contributed by atoms with E-state index >= 15 is 0 Å². The molecule has 3 aromatic rings. The van der Waals surface area contributed by atoms with Gasteiger partial charge in [0.15, 0.2) is 5.13 Å². The number of thiazole rings is 1. The summed E-state index contributed by atoms with van der Waals surface area (Å²) in [6, 6.07) is 9.90. The molecule has 0 aliphatic carbocycles. The number of amides is 1. The molecule has 2 aromatic carbocycles. The SMILES string of the molecule is CCCCN(C)S(=O)(=O)c1ccc(C(=O)N(CCCN(C)C)c2nc3c(C)cc(Cl)cc3s2)cc1.Cl. The number of unbranched alkanes of at least 4 members (excludes halogenated alkanes) is 1. The summed E-state index contributed by atoms with van der Waals surface area (Å²) in [5.74, 6) is -0.213. The van der Waals surface area contributed by atoms with Crippen LogP contribution < -0.4 is 4.90 Å². The van der Waals surface area contributed by atoms with Crippen molar-refractivity contribution < 1.29 is 13.2 Å². The zero-order chi connectivity index (χ0) is 25.8. The van der Waals surface area contributed by atoms with Crippen LogP contribution in [-0.2, 0) is 10.0 Å². The Hall–Kier alpha value is -1.75.